The number of nitrogens with one attached hydrogen (secondary N) is 3. The highest BCUT2D eigenvalue weighted by molar-refractivity contribution is 5.95. The van der Waals surface area contributed by atoms with Gasteiger partial charge in [-0.05, 0) is 42.3 Å². The second-order valence-electron chi connectivity index (χ2n) is 7.90. The molecule has 8 heteroatoms. The molecule has 178 valence electrons. The van der Waals surface area contributed by atoms with Gasteiger partial charge in [0.05, 0.1) is 11.6 Å². The zero-order chi connectivity index (χ0) is 24.6. The maximum Gasteiger partial charge on any atom is 0.338 e. The number of carbonyl (C=O) groups is 3. The van der Waals surface area contributed by atoms with E-state index < -0.39 is 18.0 Å². The van der Waals surface area contributed by atoms with Crippen molar-refractivity contribution in [3.63, 3.8) is 0 Å². The molecule has 35 heavy (non-hydrogen) atoms. The van der Waals surface area contributed by atoms with Crippen molar-refractivity contribution in [2.24, 2.45) is 0 Å². The molecule has 4 rings (SSSR count). The van der Waals surface area contributed by atoms with Gasteiger partial charge in [0, 0.05) is 11.4 Å². The molecule has 0 spiro atoms. The van der Waals surface area contributed by atoms with E-state index in [9.17, 15) is 14.4 Å². The molecule has 3 N–H and O–H groups in total. The van der Waals surface area contributed by atoms with E-state index in [0.29, 0.717) is 28.3 Å². The predicted octanol–water partition coefficient (Wildman–Crippen LogP) is 4.08. The Hall–Kier alpha value is -4.59. The lowest BCUT2D eigenvalue weighted by molar-refractivity contribution is -0.140. The number of hydrogen-bond acceptors (Lipinski definition) is 5. The lowest BCUT2D eigenvalue weighted by Crippen LogP contribution is -2.45. The van der Waals surface area contributed by atoms with Gasteiger partial charge in [0.2, 0.25) is 0 Å². The van der Waals surface area contributed by atoms with Gasteiger partial charge in [0.1, 0.15) is 12.4 Å². The SMILES string of the molecule is CC1=C(C(=O)OCc2ccccc2)C(c2ccc(OCC(=O)Nc3ccccc3)cc2)NC(=O)N1. The Morgan fingerprint density at radius 2 is 1.57 bits per heavy atom. The summed E-state index contributed by atoms with van der Waals surface area (Å²) in [4.78, 5) is 37.2. The molecule has 0 aliphatic carbocycles. The predicted molar refractivity (Wildman–Crippen MR) is 130 cm³/mol. The molecule has 0 saturated heterocycles. The van der Waals surface area contributed by atoms with Gasteiger partial charge in [-0.25, -0.2) is 9.59 Å². The minimum Gasteiger partial charge on any atom is -0.484 e. The smallest absolute Gasteiger partial charge is 0.338 e. The number of esters is 1. The number of para-hydroxylation sites is 1. The van der Waals surface area contributed by atoms with Crippen LogP contribution in [0.1, 0.15) is 24.1 Å². The van der Waals surface area contributed by atoms with E-state index >= 15 is 0 Å². The van der Waals surface area contributed by atoms with E-state index in [4.69, 9.17) is 9.47 Å². The third-order valence-corrected chi connectivity index (χ3v) is 5.34. The summed E-state index contributed by atoms with van der Waals surface area (Å²) in [6.45, 7) is 1.62. The molecule has 8 nitrogen and oxygen atoms in total. The van der Waals surface area contributed by atoms with Gasteiger partial charge >= 0.3 is 12.0 Å². The minimum atomic E-state index is -0.692. The number of rotatable bonds is 8. The van der Waals surface area contributed by atoms with Crippen LogP contribution in [-0.2, 0) is 20.9 Å². The Kier molecular flexibility index (Phi) is 7.42. The number of carbonyl (C=O) groups excluding carboxylic acids is 3. The highest BCUT2D eigenvalue weighted by atomic mass is 16.5. The van der Waals surface area contributed by atoms with Crippen molar-refractivity contribution in [1.29, 1.82) is 0 Å². The molecule has 0 bridgehead atoms. The Morgan fingerprint density at radius 1 is 0.914 bits per heavy atom. The van der Waals surface area contributed by atoms with Crippen LogP contribution < -0.4 is 20.7 Å². The monoisotopic (exact) mass is 471 g/mol. The maximum atomic E-state index is 12.9. The third-order valence-electron chi connectivity index (χ3n) is 5.34. The summed E-state index contributed by atoms with van der Waals surface area (Å²) in [7, 11) is 0. The molecule has 1 unspecified atom stereocenters. The fourth-order valence-corrected chi connectivity index (χ4v) is 3.64. The van der Waals surface area contributed by atoms with Crippen LogP contribution in [0, 0.1) is 0 Å². The fourth-order valence-electron chi connectivity index (χ4n) is 3.64. The highest BCUT2D eigenvalue weighted by Crippen LogP contribution is 2.29. The van der Waals surface area contributed by atoms with Crippen molar-refractivity contribution in [1.82, 2.24) is 10.6 Å². The first-order valence-corrected chi connectivity index (χ1v) is 11.1. The molecule has 1 heterocycles. The number of amides is 3. The quantitative estimate of drug-likeness (QED) is 0.430. The summed E-state index contributed by atoms with van der Waals surface area (Å²) in [6.07, 6.45) is 0. The molecular weight excluding hydrogens is 446 g/mol. The van der Waals surface area contributed by atoms with Crippen molar-refractivity contribution in [2.75, 3.05) is 11.9 Å². The summed E-state index contributed by atoms with van der Waals surface area (Å²) >= 11 is 0. The minimum absolute atomic E-state index is 0.120. The van der Waals surface area contributed by atoms with Crippen molar-refractivity contribution >= 4 is 23.6 Å². The number of benzene rings is 3. The summed E-state index contributed by atoms with van der Waals surface area (Å²) in [5.74, 6) is -0.333. The van der Waals surface area contributed by atoms with E-state index in [1.165, 1.54) is 0 Å². The molecule has 0 radical (unpaired) electrons. The topological polar surface area (TPSA) is 106 Å². The Balaban J connectivity index is 1.41. The molecule has 3 aromatic rings. The molecule has 0 aromatic heterocycles. The number of anilines is 1. The third kappa shape index (κ3) is 6.26. The molecule has 1 aliphatic heterocycles. The first kappa shape index (κ1) is 23.6. The number of hydrogen-bond donors (Lipinski definition) is 3. The molecule has 1 aliphatic rings. The number of urea groups is 1. The van der Waals surface area contributed by atoms with E-state index in [1.54, 1.807) is 43.3 Å². The van der Waals surface area contributed by atoms with Crippen LogP contribution >= 0.6 is 0 Å². The van der Waals surface area contributed by atoms with Crippen LogP contribution in [0.3, 0.4) is 0 Å². The second kappa shape index (κ2) is 11.0. The molecule has 0 saturated carbocycles. The van der Waals surface area contributed by atoms with Gasteiger partial charge in [0.15, 0.2) is 6.61 Å². The van der Waals surface area contributed by atoms with Crippen LogP contribution in [0.2, 0.25) is 0 Å². The van der Waals surface area contributed by atoms with Crippen LogP contribution in [0.5, 0.6) is 5.75 Å². The Morgan fingerprint density at radius 3 is 2.26 bits per heavy atom. The lowest BCUT2D eigenvalue weighted by atomic mass is 9.95. The molecular formula is C27H25N3O5. The van der Waals surface area contributed by atoms with Crippen LogP contribution in [0.25, 0.3) is 0 Å². The van der Waals surface area contributed by atoms with Gasteiger partial charge in [-0.3, -0.25) is 4.79 Å². The molecule has 3 aromatic carbocycles. The summed E-state index contributed by atoms with van der Waals surface area (Å²) in [5.41, 5.74) is 2.96. The standard InChI is InChI=1S/C27H25N3O5/c1-18-24(26(32)35-16-19-8-4-2-5-9-19)25(30-27(33)28-18)20-12-14-22(15-13-20)34-17-23(31)29-21-10-6-3-7-11-21/h2-15,25H,16-17H2,1H3,(H,29,31)(H2,28,30,33). The number of allylic oxidation sites excluding steroid dienone is 1. The van der Waals surface area contributed by atoms with Gasteiger partial charge in [-0.1, -0.05) is 60.7 Å². The average molecular weight is 472 g/mol. The van der Waals surface area contributed by atoms with E-state index in [2.05, 4.69) is 16.0 Å². The largest absolute Gasteiger partial charge is 0.484 e. The normalized spacial score (nSPS) is 15.0. The summed E-state index contributed by atoms with van der Waals surface area (Å²) in [5, 5.41) is 8.16. The van der Waals surface area contributed by atoms with Gasteiger partial charge < -0.3 is 25.4 Å². The zero-order valence-corrected chi connectivity index (χ0v) is 19.1. The van der Waals surface area contributed by atoms with Crippen molar-refractivity contribution < 1.29 is 23.9 Å². The number of ether oxygens (including phenoxy) is 2. The van der Waals surface area contributed by atoms with E-state index in [0.717, 1.165) is 5.56 Å². The van der Waals surface area contributed by atoms with Gasteiger partial charge in [0.25, 0.3) is 5.91 Å². The van der Waals surface area contributed by atoms with Gasteiger partial charge in [-0.2, -0.15) is 0 Å². The first-order chi connectivity index (χ1) is 17.0. The molecule has 1 atom stereocenters. The fraction of sp³-hybridized carbons (Fsp3) is 0.148. The van der Waals surface area contributed by atoms with Gasteiger partial charge in [-0.15, -0.1) is 0 Å². The molecule has 0 fully saturated rings. The highest BCUT2D eigenvalue weighted by Gasteiger charge is 2.32. The molecule has 3 amide bonds. The van der Waals surface area contributed by atoms with E-state index in [-0.39, 0.29) is 19.1 Å². The van der Waals surface area contributed by atoms with Crippen molar-refractivity contribution in [3.8, 4) is 5.75 Å². The lowest BCUT2D eigenvalue weighted by Gasteiger charge is -2.28. The second-order valence-corrected chi connectivity index (χ2v) is 7.90. The Bertz CT molecular complexity index is 1220. The van der Waals surface area contributed by atoms with Crippen molar-refractivity contribution in [2.45, 2.75) is 19.6 Å². The zero-order valence-electron chi connectivity index (χ0n) is 19.1. The first-order valence-electron chi connectivity index (χ1n) is 11.1. The van der Waals surface area contributed by atoms with E-state index in [1.807, 2.05) is 48.5 Å². The van der Waals surface area contributed by atoms with Crippen LogP contribution in [-0.4, -0.2) is 24.5 Å². The Labute approximate surface area is 202 Å². The van der Waals surface area contributed by atoms with Crippen molar-refractivity contribution in [3.05, 3.63) is 107 Å². The summed E-state index contributed by atoms with van der Waals surface area (Å²) in [6, 6.07) is 24.2. The van der Waals surface area contributed by atoms with Crippen LogP contribution in [0.4, 0.5) is 10.5 Å². The van der Waals surface area contributed by atoms with Crippen LogP contribution in [0.15, 0.2) is 96.2 Å². The summed E-state index contributed by atoms with van der Waals surface area (Å²) < 4.78 is 11.1. The average Bonchev–Trinajstić information content (AvgIpc) is 2.87. The maximum absolute atomic E-state index is 12.9.